The third-order valence-corrected chi connectivity index (χ3v) is 8.50. The van der Waals surface area contributed by atoms with Crippen molar-refractivity contribution in [1.29, 1.82) is 0 Å². The van der Waals surface area contributed by atoms with E-state index in [0.29, 0.717) is 45.4 Å². The van der Waals surface area contributed by atoms with Crippen LogP contribution >= 0.6 is 34.2 Å². The zero-order valence-electron chi connectivity index (χ0n) is 19.7. The van der Waals surface area contributed by atoms with Gasteiger partial charge in [-0.3, -0.25) is 0 Å². The van der Waals surface area contributed by atoms with Gasteiger partial charge < -0.3 is 14.0 Å². The molecule has 0 atom stereocenters. The summed E-state index contributed by atoms with van der Waals surface area (Å²) in [6.45, 7) is 2.60. The summed E-state index contributed by atoms with van der Waals surface area (Å²) < 4.78 is 43.1. The molecule has 36 heavy (non-hydrogen) atoms. The van der Waals surface area contributed by atoms with E-state index in [0.717, 1.165) is 15.5 Å². The Balaban J connectivity index is 1.89. The van der Waals surface area contributed by atoms with E-state index in [2.05, 4.69) is 27.6 Å². The second kappa shape index (κ2) is 9.56. The molecule has 0 saturated carbocycles. The van der Waals surface area contributed by atoms with Crippen LogP contribution in [0.5, 0.6) is 11.6 Å². The highest BCUT2D eigenvalue weighted by Crippen LogP contribution is 2.40. The zero-order valence-corrected chi connectivity index (χ0v) is 23.4. The molecule has 0 N–H and O–H groups in total. The van der Waals surface area contributed by atoms with Crippen LogP contribution in [0.25, 0.3) is 33.3 Å². The predicted molar refractivity (Wildman–Crippen MR) is 149 cm³/mol. The molecular weight excluding hydrogens is 615 g/mol. The van der Waals surface area contributed by atoms with Gasteiger partial charge in [0.25, 0.3) is 15.9 Å². The average Bonchev–Trinajstić information content (AvgIpc) is 3.43. The molecule has 5 rings (SSSR count). The van der Waals surface area contributed by atoms with E-state index >= 15 is 0 Å². The van der Waals surface area contributed by atoms with Crippen LogP contribution < -0.4 is 9.47 Å². The number of fused-ring (bicyclic) bond motifs is 2. The second-order valence-electron chi connectivity index (χ2n) is 8.13. The Morgan fingerprint density at radius 2 is 1.83 bits per heavy atom. The summed E-state index contributed by atoms with van der Waals surface area (Å²) in [7, 11) is -0.966. The number of ether oxygens (including phenoxy) is 2. The Kier molecular flexibility index (Phi) is 6.60. The molecule has 0 unspecified atom stereocenters. The Labute approximate surface area is 227 Å². The number of aromatic nitrogens is 4. The maximum atomic E-state index is 14.0. The molecule has 0 aliphatic carbocycles. The van der Waals surface area contributed by atoms with Gasteiger partial charge in [0.05, 0.1) is 35.3 Å². The smallest absolute Gasteiger partial charge is 0.269 e. The van der Waals surface area contributed by atoms with Gasteiger partial charge in [0.1, 0.15) is 5.52 Å². The fraction of sp³-hybridized carbons (Fsp3) is 0.200. The van der Waals surface area contributed by atoms with Crippen LogP contribution in [0.3, 0.4) is 0 Å². The zero-order chi connectivity index (χ0) is 25.6. The summed E-state index contributed by atoms with van der Waals surface area (Å²) in [5, 5.41) is 0.933. The van der Waals surface area contributed by atoms with Gasteiger partial charge >= 0.3 is 0 Å². The molecule has 0 aliphatic heterocycles. The van der Waals surface area contributed by atoms with Gasteiger partial charge in [-0.25, -0.2) is 22.4 Å². The van der Waals surface area contributed by atoms with Crippen molar-refractivity contribution in [2.24, 2.45) is 0 Å². The first kappa shape index (κ1) is 24.8. The minimum atomic E-state index is -4.03. The monoisotopic (exact) mass is 636 g/mol. The van der Waals surface area contributed by atoms with E-state index in [4.69, 9.17) is 26.1 Å². The van der Waals surface area contributed by atoms with Crippen molar-refractivity contribution in [2.75, 3.05) is 18.6 Å². The van der Waals surface area contributed by atoms with E-state index in [9.17, 15) is 8.42 Å². The average molecular weight is 637 g/mol. The quantitative estimate of drug-likeness (QED) is 0.168. The number of aryl methyl sites for hydroxylation is 2. The predicted octanol–water partition coefficient (Wildman–Crippen LogP) is 5.70. The van der Waals surface area contributed by atoms with Gasteiger partial charge in [0.2, 0.25) is 0 Å². The minimum Gasteiger partial charge on any atom is -0.491 e. The molecule has 0 fully saturated rings. The molecule has 4 heterocycles. The van der Waals surface area contributed by atoms with Gasteiger partial charge in [0, 0.05) is 40.4 Å². The number of rotatable bonds is 7. The van der Waals surface area contributed by atoms with Gasteiger partial charge in [0.15, 0.2) is 11.4 Å². The number of nitrogens with zero attached hydrogens (tertiary/aromatic N) is 4. The number of hydrogen-bond acceptors (Lipinski definition) is 6. The summed E-state index contributed by atoms with van der Waals surface area (Å²) in [6, 6.07) is 12.0. The van der Waals surface area contributed by atoms with Crippen molar-refractivity contribution in [1.82, 2.24) is 18.5 Å². The fourth-order valence-electron chi connectivity index (χ4n) is 4.22. The van der Waals surface area contributed by atoms with Crippen LogP contribution in [0.15, 0.2) is 59.8 Å². The SMILES string of the molecule is COc1cc2c(nc1OC)c(-c1cc3c(Cl)ccnc3n1S(=O)(=O)c1ccc(C)cc1)cn2CCI. The lowest BCUT2D eigenvalue weighted by Gasteiger charge is -2.12. The summed E-state index contributed by atoms with van der Waals surface area (Å²) >= 11 is 8.80. The highest BCUT2D eigenvalue weighted by Gasteiger charge is 2.28. The second-order valence-corrected chi connectivity index (χ2v) is 11.4. The largest absolute Gasteiger partial charge is 0.491 e. The Morgan fingerprint density at radius 3 is 2.50 bits per heavy atom. The highest BCUT2D eigenvalue weighted by molar-refractivity contribution is 14.1. The lowest BCUT2D eigenvalue weighted by Crippen LogP contribution is -2.14. The summed E-state index contributed by atoms with van der Waals surface area (Å²) in [5.41, 5.74) is 3.59. The molecule has 0 spiro atoms. The molecule has 4 aromatic heterocycles. The first-order chi connectivity index (χ1) is 17.3. The van der Waals surface area contributed by atoms with Gasteiger partial charge in [-0.1, -0.05) is 51.9 Å². The molecule has 186 valence electrons. The lowest BCUT2D eigenvalue weighted by atomic mass is 10.2. The van der Waals surface area contributed by atoms with Crippen molar-refractivity contribution in [3.05, 3.63) is 65.4 Å². The number of halogens is 2. The summed E-state index contributed by atoms with van der Waals surface area (Å²) in [6.07, 6.45) is 3.40. The van der Waals surface area contributed by atoms with Crippen LogP contribution in [0.1, 0.15) is 5.56 Å². The molecule has 11 heteroatoms. The molecule has 5 aromatic rings. The number of hydrogen-bond donors (Lipinski definition) is 0. The first-order valence-corrected chi connectivity index (χ1v) is 14.3. The number of alkyl halides is 1. The highest BCUT2D eigenvalue weighted by atomic mass is 127. The maximum absolute atomic E-state index is 14.0. The van der Waals surface area contributed by atoms with Gasteiger partial charge in [-0.05, 0) is 31.2 Å². The fourth-order valence-corrected chi connectivity index (χ4v) is 6.41. The molecule has 0 amide bonds. The summed E-state index contributed by atoms with van der Waals surface area (Å²) in [5.74, 6) is 0.792. The van der Waals surface area contributed by atoms with Crippen LogP contribution in [0.2, 0.25) is 5.02 Å². The molecule has 1 aromatic carbocycles. The molecule has 0 bridgehead atoms. The Morgan fingerprint density at radius 1 is 1.08 bits per heavy atom. The Hall–Kier alpha value is -2.83. The van der Waals surface area contributed by atoms with E-state index in [1.165, 1.54) is 17.3 Å². The van der Waals surface area contributed by atoms with Crippen molar-refractivity contribution in [2.45, 2.75) is 18.4 Å². The number of benzene rings is 1. The van der Waals surface area contributed by atoms with E-state index in [-0.39, 0.29) is 10.5 Å². The van der Waals surface area contributed by atoms with Crippen molar-refractivity contribution < 1.29 is 17.9 Å². The van der Waals surface area contributed by atoms with Gasteiger partial charge in [-0.2, -0.15) is 0 Å². The maximum Gasteiger partial charge on any atom is 0.269 e. The van der Waals surface area contributed by atoms with Crippen molar-refractivity contribution in [3.8, 4) is 22.9 Å². The van der Waals surface area contributed by atoms with E-state index in [1.807, 2.05) is 23.8 Å². The number of methoxy groups -OCH3 is 2. The lowest BCUT2D eigenvalue weighted by molar-refractivity contribution is 0.344. The van der Waals surface area contributed by atoms with Crippen molar-refractivity contribution >= 4 is 66.3 Å². The standard InChI is InChI=1S/C25H22ClIN4O4S/c1-15-4-6-16(7-5-15)36(32,33)31-20(12-17-19(26)8-10-28-24(17)31)18-14-30(11-9-27)21-13-22(34-2)25(35-3)29-23(18)21/h4-8,10,12-14H,9,11H2,1-3H3. The Bertz CT molecular complexity index is 1710. The van der Waals surface area contributed by atoms with Crippen LogP contribution in [0.4, 0.5) is 0 Å². The molecule has 8 nitrogen and oxygen atoms in total. The number of pyridine rings is 2. The third kappa shape index (κ3) is 4.00. The van der Waals surface area contributed by atoms with Crippen LogP contribution in [-0.4, -0.2) is 45.6 Å². The molecule has 0 radical (unpaired) electrons. The van der Waals surface area contributed by atoms with E-state index < -0.39 is 10.0 Å². The van der Waals surface area contributed by atoms with Crippen LogP contribution in [0, 0.1) is 6.92 Å². The van der Waals surface area contributed by atoms with Crippen molar-refractivity contribution in [3.63, 3.8) is 0 Å². The molecule has 0 aliphatic rings. The van der Waals surface area contributed by atoms with Crippen LogP contribution in [-0.2, 0) is 16.6 Å². The third-order valence-electron chi connectivity index (χ3n) is 5.97. The molecule has 0 saturated heterocycles. The van der Waals surface area contributed by atoms with Gasteiger partial charge in [-0.15, -0.1) is 0 Å². The topological polar surface area (TPSA) is 88.2 Å². The minimum absolute atomic E-state index is 0.150. The van der Waals surface area contributed by atoms with E-state index in [1.54, 1.807) is 43.5 Å². The summed E-state index contributed by atoms with van der Waals surface area (Å²) in [4.78, 5) is 9.27. The molecular formula is C25H22ClIN4O4S. The normalized spacial score (nSPS) is 11.9. The first-order valence-electron chi connectivity index (χ1n) is 11.0.